The van der Waals surface area contributed by atoms with Gasteiger partial charge < -0.3 is 20.5 Å². The van der Waals surface area contributed by atoms with Crippen molar-refractivity contribution < 1.29 is 23.8 Å². The van der Waals surface area contributed by atoms with Crippen molar-refractivity contribution in [2.75, 3.05) is 12.4 Å². The number of hydrogen-bond acceptors (Lipinski definition) is 5. The van der Waals surface area contributed by atoms with Gasteiger partial charge in [-0.3, -0.25) is 9.59 Å². The fourth-order valence-corrected chi connectivity index (χ4v) is 6.49. The molecule has 2 amide bonds. The lowest BCUT2D eigenvalue weighted by Gasteiger charge is -2.56. The zero-order chi connectivity index (χ0) is 22.2. The molecule has 9 heteroatoms. The highest BCUT2D eigenvalue weighted by Gasteiger charge is 2.55. The molecule has 3 unspecified atom stereocenters. The predicted molar refractivity (Wildman–Crippen MR) is 118 cm³/mol. The number of halogens is 2. The molecule has 1 heterocycles. The molecular formula is C22H28ClFN2O4S. The molecule has 4 fully saturated rings. The fourth-order valence-electron chi connectivity index (χ4n) is 5.00. The number of fused-ring (bicyclic) bond motifs is 3. The monoisotopic (exact) mass is 470 g/mol. The third-order valence-electron chi connectivity index (χ3n) is 6.85. The van der Waals surface area contributed by atoms with Crippen molar-refractivity contribution in [1.82, 2.24) is 10.6 Å². The standard InChI is InChI=1S/C22H28ClFN2O4S/c1-13-8-17(31-12-13)20(29)26-21-4-6-22(7-5-21,18(27)10-21)25-19(28)11-30-14-2-3-15(23)16(24)9-14/h2-3,9,13,17-18,27H,4-8,10-12H2,1H3,(H,25,28)(H,26,29). The molecule has 1 aromatic carbocycles. The van der Waals surface area contributed by atoms with Gasteiger partial charge in [0.25, 0.3) is 5.91 Å². The van der Waals surface area contributed by atoms with E-state index in [0.29, 0.717) is 38.0 Å². The fraction of sp³-hybridized carbons (Fsp3) is 0.636. The van der Waals surface area contributed by atoms with Gasteiger partial charge in [-0.2, -0.15) is 0 Å². The second-order valence-corrected chi connectivity index (χ2v) is 10.9. The van der Waals surface area contributed by atoms with Crippen LogP contribution in [-0.2, 0) is 9.59 Å². The lowest BCUT2D eigenvalue weighted by molar-refractivity contribution is -0.136. The van der Waals surface area contributed by atoms with E-state index in [4.69, 9.17) is 16.3 Å². The maximum absolute atomic E-state index is 13.5. The summed E-state index contributed by atoms with van der Waals surface area (Å²) in [5, 5.41) is 17.0. The Kier molecular flexibility index (Phi) is 6.43. The van der Waals surface area contributed by atoms with E-state index in [2.05, 4.69) is 17.6 Å². The van der Waals surface area contributed by atoms with E-state index in [1.165, 1.54) is 12.1 Å². The molecule has 3 N–H and O–H groups in total. The average molecular weight is 471 g/mol. The number of thioether (sulfide) groups is 1. The first-order chi connectivity index (χ1) is 14.7. The lowest BCUT2D eigenvalue weighted by atomic mass is 9.60. The van der Waals surface area contributed by atoms with Crippen LogP contribution >= 0.6 is 23.4 Å². The zero-order valence-corrected chi connectivity index (χ0v) is 19.0. The molecule has 1 saturated heterocycles. The molecule has 4 aliphatic rings. The van der Waals surface area contributed by atoms with Gasteiger partial charge in [0.15, 0.2) is 6.61 Å². The second kappa shape index (κ2) is 8.79. The van der Waals surface area contributed by atoms with E-state index in [1.807, 2.05) is 0 Å². The molecule has 3 atom stereocenters. The summed E-state index contributed by atoms with van der Waals surface area (Å²) < 4.78 is 18.9. The van der Waals surface area contributed by atoms with Gasteiger partial charge in [0, 0.05) is 11.6 Å². The summed E-state index contributed by atoms with van der Waals surface area (Å²) in [7, 11) is 0. The SMILES string of the molecule is CC1CSC(C(=O)NC23CCC(NC(=O)COc4ccc(Cl)c(F)c4)(CC2)C(O)C3)C1. The van der Waals surface area contributed by atoms with Gasteiger partial charge in [0.05, 0.1) is 21.9 Å². The van der Waals surface area contributed by atoms with E-state index < -0.39 is 23.0 Å². The van der Waals surface area contributed by atoms with Crippen molar-refractivity contribution in [3.63, 3.8) is 0 Å². The smallest absolute Gasteiger partial charge is 0.258 e. The van der Waals surface area contributed by atoms with Crippen LogP contribution in [0.3, 0.4) is 0 Å². The first-order valence-corrected chi connectivity index (χ1v) is 12.1. The van der Waals surface area contributed by atoms with E-state index >= 15 is 0 Å². The zero-order valence-electron chi connectivity index (χ0n) is 17.5. The number of aliphatic hydroxyl groups excluding tert-OH is 1. The van der Waals surface area contributed by atoms with Gasteiger partial charge in [-0.15, -0.1) is 11.8 Å². The van der Waals surface area contributed by atoms with Crippen molar-refractivity contribution in [1.29, 1.82) is 0 Å². The Morgan fingerprint density at radius 1 is 1.29 bits per heavy atom. The summed E-state index contributed by atoms with van der Waals surface area (Å²) in [4.78, 5) is 25.2. The minimum Gasteiger partial charge on any atom is -0.484 e. The van der Waals surface area contributed by atoms with Gasteiger partial charge in [-0.05, 0) is 62.3 Å². The van der Waals surface area contributed by atoms with Gasteiger partial charge >= 0.3 is 0 Å². The number of carbonyl (C=O) groups is 2. The van der Waals surface area contributed by atoms with Crippen molar-refractivity contribution in [3.8, 4) is 5.75 Å². The Hall–Kier alpha value is -1.51. The summed E-state index contributed by atoms with van der Waals surface area (Å²) >= 11 is 7.36. The number of rotatable bonds is 6. The predicted octanol–water partition coefficient (Wildman–Crippen LogP) is 3.05. The first kappa shape index (κ1) is 22.7. The van der Waals surface area contributed by atoms with Crippen LogP contribution in [0.4, 0.5) is 4.39 Å². The van der Waals surface area contributed by atoms with Crippen LogP contribution in [0.25, 0.3) is 0 Å². The molecule has 5 rings (SSSR count). The van der Waals surface area contributed by atoms with Gasteiger partial charge in [0.2, 0.25) is 5.91 Å². The normalized spacial score (nSPS) is 34.4. The molecule has 1 aromatic rings. The largest absolute Gasteiger partial charge is 0.484 e. The molecule has 31 heavy (non-hydrogen) atoms. The van der Waals surface area contributed by atoms with Crippen molar-refractivity contribution >= 4 is 35.2 Å². The van der Waals surface area contributed by atoms with Crippen molar-refractivity contribution in [2.45, 2.75) is 67.9 Å². The number of ether oxygens (including phenoxy) is 1. The van der Waals surface area contributed by atoms with Gasteiger partial charge in [0.1, 0.15) is 11.6 Å². The van der Waals surface area contributed by atoms with E-state index in [9.17, 15) is 19.1 Å². The van der Waals surface area contributed by atoms with Crippen LogP contribution < -0.4 is 15.4 Å². The van der Waals surface area contributed by atoms with Crippen LogP contribution in [0, 0.1) is 11.7 Å². The van der Waals surface area contributed by atoms with Crippen LogP contribution in [0.2, 0.25) is 5.02 Å². The third-order valence-corrected chi connectivity index (χ3v) is 8.73. The number of aliphatic hydroxyl groups is 1. The molecule has 6 nitrogen and oxygen atoms in total. The Labute approximate surface area is 190 Å². The summed E-state index contributed by atoms with van der Waals surface area (Å²) in [6.45, 7) is 1.88. The second-order valence-electron chi connectivity index (χ2n) is 9.22. The minimum absolute atomic E-state index is 0.00955. The van der Waals surface area contributed by atoms with Crippen molar-refractivity contribution in [2.24, 2.45) is 5.92 Å². The molecule has 1 aliphatic heterocycles. The van der Waals surface area contributed by atoms with Crippen LogP contribution in [0.1, 0.15) is 45.4 Å². The molecule has 170 valence electrons. The summed E-state index contributed by atoms with van der Waals surface area (Å²) in [6.07, 6.45) is 3.18. The van der Waals surface area contributed by atoms with Gasteiger partial charge in [-0.1, -0.05) is 18.5 Å². The highest BCUT2D eigenvalue weighted by atomic mass is 35.5. The molecule has 3 aliphatic carbocycles. The maximum atomic E-state index is 13.5. The van der Waals surface area contributed by atoms with Gasteiger partial charge in [-0.25, -0.2) is 4.39 Å². The number of nitrogens with one attached hydrogen (secondary N) is 2. The van der Waals surface area contributed by atoms with Crippen molar-refractivity contribution in [3.05, 3.63) is 29.0 Å². The van der Waals surface area contributed by atoms with E-state index in [0.717, 1.165) is 18.2 Å². The van der Waals surface area contributed by atoms with Crippen LogP contribution in [0.5, 0.6) is 5.75 Å². The first-order valence-electron chi connectivity index (χ1n) is 10.7. The molecule has 2 bridgehead atoms. The van der Waals surface area contributed by atoms with Crippen LogP contribution in [0.15, 0.2) is 18.2 Å². The maximum Gasteiger partial charge on any atom is 0.258 e. The third kappa shape index (κ3) is 4.81. The Morgan fingerprint density at radius 2 is 2.03 bits per heavy atom. The highest BCUT2D eigenvalue weighted by Crippen LogP contribution is 2.47. The molecule has 0 aromatic heterocycles. The summed E-state index contributed by atoms with van der Waals surface area (Å²) in [5.74, 6) is 0.858. The van der Waals surface area contributed by atoms with E-state index in [1.54, 1.807) is 11.8 Å². The Bertz CT molecular complexity index is 862. The number of benzene rings is 1. The summed E-state index contributed by atoms with van der Waals surface area (Å²) in [5.41, 5.74) is -1.11. The average Bonchev–Trinajstić information content (AvgIpc) is 3.17. The summed E-state index contributed by atoms with van der Waals surface area (Å²) in [6, 6.07) is 3.99. The quantitative estimate of drug-likeness (QED) is 0.594. The topological polar surface area (TPSA) is 87.7 Å². The minimum atomic E-state index is -0.748. The number of hydrogen-bond donors (Lipinski definition) is 3. The molecular weight excluding hydrogens is 443 g/mol. The lowest BCUT2D eigenvalue weighted by Crippen LogP contribution is -2.70. The number of carbonyl (C=O) groups excluding carboxylic acids is 2. The Morgan fingerprint density at radius 3 is 2.65 bits per heavy atom. The molecule has 0 radical (unpaired) electrons. The van der Waals surface area contributed by atoms with Crippen LogP contribution in [-0.4, -0.2) is 51.7 Å². The number of amides is 2. The van der Waals surface area contributed by atoms with E-state index in [-0.39, 0.29) is 34.4 Å². The Balaban J connectivity index is 1.31. The highest BCUT2D eigenvalue weighted by molar-refractivity contribution is 8.00. The molecule has 0 spiro atoms. The molecule has 3 saturated carbocycles.